The van der Waals surface area contributed by atoms with Crippen molar-refractivity contribution < 1.29 is 32.3 Å². The number of benzene rings is 2. The molecule has 1 aromatic heterocycles. The molecule has 1 atom stereocenters. The fourth-order valence-corrected chi connectivity index (χ4v) is 5.63. The molecule has 6 nitrogen and oxygen atoms in total. The molecule has 39 heavy (non-hydrogen) atoms. The van der Waals surface area contributed by atoms with Crippen LogP contribution in [0.5, 0.6) is 5.75 Å². The summed E-state index contributed by atoms with van der Waals surface area (Å²) >= 11 is 6.34. The van der Waals surface area contributed by atoms with Gasteiger partial charge in [-0.25, -0.2) is 23.0 Å². The van der Waals surface area contributed by atoms with Crippen LogP contribution in [-0.2, 0) is 11.2 Å². The van der Waals surface area contributed by atoms with Gasteiger partial charge in [-0.15, -0.1) is 0 Å². The molecule has 3 aromatic rings. The standard InChI is InChI=1S/C28H30ClF4N3O3/c1-39-18-4-5-25-20(15-18)26(21(29)16-34-25)22(31)6-7-28(27(37)35-38)8-11-36(12-9-28)10-2-3-19-23(32)13-17(30)14-24(19)33/h4-5,13-16,22,38H,2-3,6-12H2,1H3,(H,35,37)/t22-/m1/s1. The van der Waals surface area contributed by atoms with E-state index in [0.29, 0.717) is 67.7 Å². The molecule has 2 aromatic carbocycles. The number of rotatable bonds is 10. The van der Waals surface area contributed by atoms with Crippen LogP contribution in [-0.4, -0.2) is 47.7 Å². The van der Waals surface area contributed by atoms with Crippen LogP contribution in [0, 0.1) is 22.9 Å². The van der Waals surface area contributed by atoms with Crippen molar-refractivity contribution >= 4 is 28.4 Å². The van der Waals surface area contributed by atoms with E-state index in [9.17, 15) is 23.2 Å². The lowest BCUT2D eigenvalue weighted by Crippen LogP contribution is -2.48. The Bertz CT molecular complexity index is 1310. The Kier molecular flexibility index (Phi) is 9.30. The molecule has 4 rings (SSSR count). The first-order chi connectivity index (χ1) is 18.7. The third kappa shape index (κ3) is 6.45. The van der Waals surface area contributed by atoms with E-state index in [1.54, 1.807) is 23.7 Å². The van der Waals surface area contributed by atoms with E-state index in [-0.39, 0.29) is 35.4 Å². The van der Waals surface area contributed by atoms with Gasteiger partial charge in [-0.05, 0) is 76.4 Å². The molecule has 0 unspecified atom stereocenters. The van der Waals surface area contributed by atoms with Crippen LogP contribution in [0.15, 0.2) is 36.5 Å². The number of likely N-dealkylation sites (tertiary alicyclic amines) is 1. The Balaban J connectivity index is 1.40. The fourth-order valence-electron chi connectivity index (χ4n) is 5.36. The summed E-state index contributed by atoms with van der Waals surface area (Å²) < 4.78 is 61.9. The SMILES string of the molecule is COc1ccc2ncc(Cl)c([C@H](F)CCC3(C(=O)NO)CCN(CCCc4c(F)cc(F)cc4F)CC3)c2c1. The van der Waals surface area contributed by atoms with Gasteiger partial charge in [0.1, 0.15) is 29.4 Å². The Morgan fingerprint density at radius 1 is 1.21 bits per heavy atom. The Labute approximate surface area is 228 Å². The van der Waals surface area contributed by atoms with Crippen LogP contribution in [0.3, 0.4) is 0 Å². The van der Waals surface area contributed by atoms with Gasteiger partial charge in [-0.1, -0.05) is 11.6 Å². The van der Waals surface area contributed by atoms with Crippen molar-refractivity contribution in [3.05, 3.63) is 70.1 Å². The van der Waals surface area contributed by atoms with Crippen LogP contribution in [0.25, 0.3) is 10.9 Å². The number of carbonyl (C=O) groups is 1. The van der Waals surface area contributed by atoms with Crippen molar-refractivity contribution in [2.45, 2.75) is 44.7 Å². The number of carbonyl (C=O) groups excluding carboxylic acids is 1. The predicted molar refractivity (Wildman–Crippen MR) is 139 cm³/mol. The van der Waals surface area contributed by atoms with Gasteiger partial charge in [-0.3, -0.25) is 15.0 Å². The zero-order valence-electron chi connectivity index (χ0n) is 21.5. The number of hydrogen-bond donors (Lipinski definition) is 2. The smallest absolute Gasteiger partial charge is 0.249 e. The average Bonchev–Trinajstić information content (AvgIpc) is 2.93. The van der Waals surface area contributed by atoms with Crippen LogP contribution >= 0.6 is 11.6 Å². The van der Waals surface area contributed by atoms with Crippen LogP contribution in [0.2, 0.25) is 5.02 Å². The number of ether oxygens (including phenoxy) is 1. The Morgan fingerprint density at radius 2 is 1.90 bits per heavy atom. The minimum absolute atomic E-state index is 0.00736. The van der Waals surface area contributed by atoms with E-state index in [1.165, 1.54) is 13.3 Å². The first kappa shape index (κ1) is 29.0. The fraction of sp³-hybridized carbons (Fsp3) is 0.429. The highest BCUT2D eigenvalue weighted by Crippen LogP contribution is 2.42. The number of nitrogens with one attached hydrogen (secondary N) is 1. The van der Waals surface area contributed by atoms with Gasteiger partial charge in [0.15, 0.2) is 0 Å². The number of alkyl halides is 1. The molecular formula is C28H30ClF4N3O3. The zero-order valence-corrected chi connectivity index (χ0v) is 22.2. The molecule has 2 N–H and O–H groups in total. The molecular weight excluding hydrogens is 538 g/mol. The van der Waals surface area contributed by atoms with Gasteiger partial charge in [-0.2, -0.15) is 0 Å². The molecule has 1 saturated heterocycles. The van der Waals surface area contributed by atoms with Crippen molar-refractivity contribution in [2.24, 2.45) is 5.41 Å². The van der Waals surface area contributed by atoms with E-state index in [2.05, 4.69) is 9.88 Å². The number of hydrogen-bond acceptors (Lipinski definition) is 5. The first-order valence-corrected chi connectivity index (χ1v) is 13.1. The first-order valence-electron chi connectivity index (χ1n) is 12.7. The molecule has 210 valence electrons. The predicted octanol–water partition coefficient (Wildman–Crippen LogP) is 6.33. The quantitative estimate of drug-likeness (QED) is 0.170. The van der Waals surface area contributed by atoms with Gasteiger partial charge < -0.3 is 9.64 Å². The average molecular weight is 568 g/mol. The summed E-state index contributed by atoms with van der Waals surface area (Å²) in [6.45, 7) is 1.48. The number of piperidine rings is 1. The van der Waals surface area contributed by atoms with Crippen LogP contribution in [0.4, 0.5) is 17.6 Å². The van der Waals surface area contributed by atoms with Gasteiger partial charge in [0.25, 0.3) is 0 Å². The maximum atomic E-state index is 15.7. The largest absolute Gasteiger partial charge is 0.497 e. The lowest BCUT2D eigenvalue weighted by atomic mass is 9.73. The molecule has 1 aliphatic heterocycles. The number of nitrogens with zero attached hydrogens (tertiary/aromatic N) is 2. The topological polar surface area (TPSA) is 74.7 Å². The molecule has 1 aliphatic rings. The van der Waals surface area contributed by atoms with Gasteiger partial charge in [0.05, 0.1) is 23.1 Å². The summed E-state index contributed by atoms with van der Waals surface area (Å²) in [6, 6.07) is 6.45. The minimum Gasteiger partial charge on any atom is -0.497 e. The number of methoxy groups -OCH3 is 1. The monoisotopic (exact) mass is 567 g/mol. The zero-order chi connectivity index (χ0) is 28.2. The third-order valence-corrected chi connectivity index (χ3v) is 7.96. The van der Waals surface area contributed by atoms with E-state index in [1.807, 2.05) is 0 Å². The van der Waals surface area contributed by atoms with Gasteiger partial charge in [0.2, 0.25) is 5.91 Å². The molecule has 0 radical (unpaired) electrons. The lowest BCUT2D eigenvalue weighted by molar-refractivity contribution is -0.143. The summed E-state index contributed by atoms with van der Waals surface area (Å²) in [4.78, 5) is 19.0. The Hall–Kier alpha value is -2.95. The second-order valence-electron chi connectivity index (χ2n) is 9.92. The summed E-state index contributed by atoms with van der Waals surface area (Å²) in [7, 11) is 1.51. The number of pyridine rings is 1. The van der Waals surface area contributed by atoms with E-state index in [0.717, 1.165) is 0 Å². The highest BCUT2D eigenvalue weighted by Gasteiger charge is 2.41. The van der Waals surface area contributed by atoms with Gasteiger partial charge >= 0.3 is 0 Å². The molecule has 11 heteroatoms. The second-order valence-corrected chi connectivity index (χ2v) is 10.3. The third-order valence-electron chi connectivity index (χ3n) is 7.66. The van der Waals surface area contributed by atoms with E-state index < -0.39 is 34.9 Å². The minimum atomic E-state index is -1.49. The number of aromatic nitrogens is 1. The maximum Gasteiger partial charge on any atom is 0.249 e. The van der Waals surface area contributed by atoms with Gasteiger partial charge in [0, 0.05) is 34.8 Å². The lowest BCUT2D eigenvalue weighted by Gasteiger charge is -2.40. The number of halogens is 5. The van der Waals surface area contributed by atoms with Crippen molar-refractivity contribution in [1.82, 2.24) is 15.4 Å². The number of hydroxylamine groups is 1. The molecule has 1 fully saturated rings. The molecule has 0 saturated carbocycles. The molecule has 0 aliphatic carbocycles. The molecule has 0 bridgehead atoms. The number of fused-ring (bicyclic) bond motifs is 1. The summed E-state index contributed by atoms with van der Waals surface area (Å²) in [5, 5.41) is 10.1. The van der Waals surface area contributed by atoms with Crippen molar-refractivity contribution in [3.63, 3.8) is 0 Å². The normalized spacial score (nSPS) is 16.3. The second kappa shape index (κ2) is 12.5. The summed E-state index contributed by atoms with van der Waals surface area (Å²) in [6.07, 6.45) is 1.34. The highest BCUT2D eigenvalue weighted by atomic mass is 35.5. The highest BCUT2D eigenvalue weighted by molar-refractivity contribution is 6.32. The van der Waals surface area contributed by atoms with Crippen molar-refractivity contribution in [1.29, 1.82) is 0 Å². The van der Waals surface area contributed by atoms with E-state index in [4.69, 9.17) is 16.3 Å². The van der Waals surface area contributed by atoms with Crippen LogP contribution in [0.1, 0.15) is 49.4 Å². The molecule has 0 spiro atoms. The van der Waals surface area contributed by atoms with Crippen LogP contribution < -0.4 is 10.2 Å². The summed E-state index contributed by atoms with van der Waals surface area (Å²) in [5.41, 5.74) is 1.44. The van der Waals surface area contributed by atoms with Crippen molar-refractivity contribution in [3.8, 4) is 5.75 Å². The maximum absolute atomic E-state index is 15.7. The number of amides is 1. The Morgan fingerprint density at radius 3 is 2.54 bits per heavy atom. The van der Waals surface area contributed by atoms with Crippen molar-refractivity contribution in [2.75, 3.05) is 26.7 Å². The summed E-state index contributed by atoms with van der Waals surface area (Å²) in [5.74, 6) is -2.82. The molecule has 2 heterocycles. The molecule has 1 amide bonds. The van der Waals surface area contributed by atoms with E-state index >= 15 is 4.39 Å².